The fraction of sp³-hybridized carbons (Fsp3) is 0.176. The van der Waals surface area contributed by atoms with Gasteiger partial charge in [0, 0.05) is 22.8 Å². The van der Waals surface area contributed by atoms with Crippen LogP contribution in [-0.4, -0.2) is 24.9 Å². The Labute approximate surface area is 133 Å². The number of hydrogen-bond acceptors (Lipinski definition) is 2. The Hall–Kier alpha value is -2.33. The lowest BCUT2D eigenvalue weighted by Gasteiger charge is -2.17. The molecule has 3 rings (SSSR count). The highest BCUT2D eigenvalue weighted by Crippen LogP contribution is 2.30. The number of fused-ring (bicyclic) bond motifs is 1. The number of benzene rings is 2. The summed E-state index contributed by atoms with van der Waals surface area (Å²) in [5, 5.41) is 3.33. The largest absolute Gasteiger partial charge is 0.343 e. The molecule has 0 radical (unpaired) electrons. The molecule has 0 fully saturated rings. The van der Waals surface area contributed by atoms with Crippen molar-refractivity contribution >= 4 is 29.1 Å². The lowest BCUT2D eigenvalue weighted by atomic mass is 10.2. The van der Waals surface area contributed by atoms with Crippen molar-refractivity contribution in [3.63, 3.8) is 0 Å². The van der Waals surface area contributed by atoms with Crippen LogP contribution in [0.25, 0.3) is 0 Å². The van der Waals surface area contributed by atoms with E-state index in [-0.39, 0.29) is 18.4 Å². The topological polar surface area (TPSA) is 49.4 Å². The summed E-state index contributed by atoms with van der Waals surface area (Å²) in [6, 6.07) is 14.4. The second kappa shape index (κ2) is 6.20. The lowest BCUT2D eigenvalue weighted by Crippen LogP contribution is -2.39. The molecule has 0 atom stereocenters. The number of carbonyl (C=O) groups excluding carboxylic acids is 2. The zero-order valence-corrected chi connectivity index (χ0v) is 12.6. The number of anilines is 1. The first-order valence-corrected chi connectivity index (χ1v) is 7.45. The molecule has 2 amide bonds. The molecule has 0 saturated heterocycles. The third-order valence-corrected chi connectivity index (χ3v) is 3.91. The number of carbonyl (C=O) groups is 2. The van der Waals surface area contributed by atoms with Gasteiger partial charge in [-0.25, -0.2) is 0 Å². The van der Waals surface area contributed by atoms with E-state index in [9.17, 15) is 9.59 Å². The van der Waals surface area contributed by atoms with Gasteiger partial charge in [0.25, 0.3) is 5.91 Å². The Morgan fingerprint density at radius 2 is 1.91 bits per heavy atom. The van der Waals surface area contributed by atoms with Crippen LogP contribution in [0.1, 0.15) is 15.9 Å². The standard InChI is InChI=1S/C17H15ClN2O2/c18-14-6-7-15-13(10-14)8-9-20(15)16(21)11-19-17(22)12-4-2-1-3-5-12/h1-7,10H,8-9,11H2,(H,19,22). The summed E-state index contributed by atoms with van der Waals surface area (Å²) in [6.45, 7) is 0.603. The maximum atomic E-state index is 12.3. The van der Waals surface area contributed by atoms with Crippen molar-refractivity contribution in [2.75, 3.05) is 18.0 Å². The molecule has 0 bridgehead atoms. The van der Waals surface area contributed by atoms with E-state index < -0.39 is 0 Å². The third kappa shape index (κ3) is 2.97. The number of rotatable bonds is 3. The van der Waals surface area contributed by atoms with Crippen molar-refractivity contribution in [3.05, 3.63) is 64.7 Å². The Morgan fingerprint density at radius 1 is 1.14 bits per heavy atom. The predicted molar refractivity (Wildman–Crippen MR) is 86.3 cm³/mol. The molecular weight excluding hydrogens is 300 g/mol. The number of amides is 2. The summed E-state index contributed by atoms with van der Waals surface area (Å²) in [6.07, 6.45) is 0.786. The number of hydrogen-bond donors (Lipinski definition) is 1. The highest BCUT2D eigenvalue weighted by molar-refractivity contribution is 6.30. The van der Waals surface area contributed by atoms with Gasteiger partial charge in [0.1, 0.15) is 0 Å². The summed E-state index contributed by atoms with van der Waals surface area (Å²) in [5.74, 6) is -0.366. The average molecular weight is 315 g/mol. The highest BCUT2D eigenvalue weighted by Gasteiger charge is 2.24. The summed E-state index contributed by atoms with van der Waals surface area (Å²) >= 11 is 5.96. The minimum absolute atomic E-state index is 0.0181. The first-order chi connectivity index (χ1) is 10.6. The van der Waals surface area contributed by atoms with Crippen LogP contribution in [0.4, 0.5) is 5.69 Å². The molecule has 4 nitrogen and oxygen atoms in total. The van der Waals surface area contributed by atoms with E-state index in [1.165, 1.54) is 0 Å². The highest BCUT2D eigenvalue weighted by atomic mass is 35.5. The van der Waals surface area contributed by atoms with E-state index in [1.54, 1.807) is 35.2 Å². The number of halogens is 1. The van der Waals surface area contributed by atoms with E-state index in [0.29, 0.717) is 17.1 Å². The van der Waals surface area contributed by atoms with Crippen molar-refractivity contribution in [2.45, 2.75) is 6.42 Å². The molecule has 1 heterocycles. The molecule has 0 aromatic heterocycles. The van der Waals surface area contributed by atoms with Crippen LogP contribution in [-0.2, 0) is 11.2 Å². The minimum Gasteiger partial charge on any atom is -0.343 e. The van der Waals surface area contributed by atoms with Crippen LogP contribution in [0.2, 0.25) is 5.02 Å². The van der Waals surface area contributed by atoms with Crippen LogP contribution < -0.4 is 10.2 Å². The van der Waals surface area contributed by atoms with E-state index in [4.69, 9.17) is 11.6 Å². The van der Waals surface area contributed by atoms with E-state index >= 15 is 0 Å². The van der Waals surface area contributed by atoms with E-state index in [0.717, 1.165) is 17.7 Å². The molecular formula is C17H15ClN2O2. The van der Waals surface area contributed by atoms with Crippen molar-refractivity contribution in [3.8, 4) is 0 Å². The Kier molecular flexibility index (Phi) is 4.11. The van der Waals surface area contributed by atoms with Crippen LogP contribution in [0.3, 0.4) is 0 Å². The van der Waals surface area contributed by atoms with Gasteiger partial charge in [-0.3, -0.25) is 9.59 Å². The zero-order valence-electron chi connectivity index (χ0n) is 11.9. The molecule has 5 heteroatoms. The normalized spacial score (nSPS) is 12.9. The molecule has 0 unspecified atom stereocenters. The molecule has 2 aromatic carbocycles. The molecule has 1 N–H and O–H groups in total. The van der Waals surface area contributed by atoms with Crippen molar-refractivity contribution in [1.82, 2.24) is 5.32 Å². The minimum atomic E-state index is -0.246. The molecule has 0 saturated carbocycles. The molecule has 1 aliphatic heterocycles. The maximum absolute atomic E-state index is 12.3. The van der Waals surface area contributed by atoms with Crippen LogP contribution in [0.5, 0.6) is 0 Å². The van der Waals surface area contributed by atoms with Gasteiger partial charge in [-0.15, -0.1) is 0 Å². The van der Waals surface area contributed by atoms with Gasteiger partial charge < -0.3 is 10.2 Å². The lowest BCUT2D eigenvalue weighted by molar-refractivity contribution is -0.117. The summed E-state index contributed by atoms with van der Waals surface area (Å²) in [5.41, 5.74) is 2.49. The molecule has 0 spiro atoms. The van der Waals surface area contributed by atoms with E-state index in [1.807, 2.05) is 18.2 Å². The van der Waals surface area contributed by atoms with Crippen LogP contribution in [0, 0.1) is 0 Å². The predicted octanol–water partition coefficient (Wildman–Crippen LogP) is 2.66. The van der Waals surface area contributed by atoms with E-state index in [2.05, 4.69) is 5.32 Å². The SMILES string of the molecule is O=C(NCC(=O)N1CCc2cc(Cl)ccc21)c1ccccc1. The van der Waals surface area contributed by atoms with Crippen molar-refractivity contribution < 1.29 is 9.59 Å². The van der Waals surface area contributed by atoms with Gasteiger partial charge in [0.05, 0.1) is 6.54 Å². The summed E-state index contributed by atoms with van der Waals surface area (Å²) < 4.78 is 0. The Morgan fingerprint density at radius 3 is 2.68 bits per heavy atom. The number of nitrogens with zero attached hydrogens (tertiary/aromatic N) is 1. The second-order valence-electron chi connectivity index (χ2n) is 5.12. The molecule has 2 aromatic rings. The fourth-order valence-electron chi connectivity index (χ4n) is 2.57. The van der Waals surface area contributed by atoms with Gasteiger partial charge in [-0.05, 0) is 42.3 Å². The van der Waals surface area contributed by atoms with Crippen LogP contribution >= 0.6 is 11.6 Å². The van der Waals surface area contributed by atoms with Crippen molar-refractivity contribution in [1.29, 1.82) is 0 Å². The van der Waals surface area contributed by atoms with Crippen LogP contribution in [0.15, 0.2) is 48.5 Å². The summed E-state index contributed by atoms with van der Waals surface area (Å²) in [7, 11) is 0. The van der Waals surface area contributed by atoms with Gasteiger partial charge in [-0.1, -0.05) is 29.8 Å². The molecule has 0 aliphatic carbocycles. The first kappa shape index (κ1) is 14.6. The van der Waals surface area contributed by atoms with Gasteiger partial charge in [-0.2, -0.15) is 0 Å². The fourth-order valence-corrected chi connectivity index (χ4v) is 2.77. The van der Waals surface area contributed by atoms with Gasteiger partial charge in [0.15, 0.2) is 0 Å². The van der Waals surface area contributed by atoms with Gasteiger partial charge >= 0.3 is 0 Å². The Balaban J connectivity index is 1.63. The first-order valence-electron chi connectivity index (χ1n) is 7.07. The Bertz CT molecular complexity index is 716. The third-order valence-electron chi connectivity index (χ3n) is 3.67. The monoisotopic (exact) mass is 314 g/mol. The van der Waals surface area contributed by atoms with Crippen molar-refractivity contribution in [2.24, 2.45) is 0 Å². The average Bonchev–Trinajstić information content (AvgIpc) is 2.96. The maximum Gasteiger partial charge on any atom is 0.251 e. The van der Waals surface area contributed by atoms with Gasteiger partial charge in [0.2, 0.25) is 5.91 Å². The molecule has 112 valence electrons. The second-order valence-corrected chi connectivity index (χ2v) is 5.55. The number of nitrogens with one attached hydrogen (secondary N) is 1. The summed E-state index contributed by atoms with van der Waals surface area (Å²) in [4.78, 5) is 26.0. The quantitative estimate of drug-likeness (QED) is 0.947. The zero-order chi connectivity index (χ0) is 15.5. The molecule has 1 aliphatic rings. The molecule has 22 heavy (non-hydrogen) atoms. The smallest absolute Gasteiger partial charge is 0.251 e.